The van der Waals surface area contributed by atoms with Gasteiger partial charge in [0, 0.05) is 18.1 Å². The van der Waals surface area contributed by atoms with Gasteiger partial charge >= 0.3 is 5.97 Å². The molecular formula is C13H16N2O6. The van der Waals surface area contributed by atoms with Crippen LogP contribution in [0.15, 0.2) is 18.2 Å². The average Bonchev–Trinajstić information content (AvgIpc) is 2.43. The first-order chi connectivity index (χ1) is 9.69. The van der Waals surface area contributed by atoms with Crippen molar-refractivity contribution in [2.45, 2.75) is 25.9 Å². The normalized spacial score (nSPS) is 13.3. The number of rotatable bonds is 7. The number of benzene rings is 1. The molecule has 0 spiro atoms. The van der Waals surface area contributed by atoms with E-state index in [1.165, 1.54) is 12.1 Å². The zero-order chi connectivity index (χ0) is 16.2. The first-order valence-corrected chi connectivity index (χ1v) is 6.20. The molecule has 1 aromatic rings. The lowest BCUT2D eigenvalue weighted by Crippen LogP contribution is -2.41. The lowest BCUT2D eigenvalue weighted by Gasteiger charge is -2.19. The predicted molar refractivity (Wildman–Crippen MR) is 74.5 cm³/mol. The molecule has 0 aliphatic carbocycles. The van der Waals surface area contributed by atoms with Crippen LogP contribution in [0.1, 0.15) is 30.6 Å². The summed E-state index contributed by atoms with van der Waals surface area (Å²) in [5, 5.41) is 31.9. The number of aliphatic carboxylic acids is 1. The van der Waals surface area contributed by atoms with Gasteiger partial charge in [0.2, 0.25) is 0 Å². The number of aliphatic hydroxyl groups is 1. The largest absolute Gasteiger partial charge is 0.479 e. The maximum atomic E-state index is 11.5. The van der Waals surface area contributed by atoms with E-state index >= 15 is 0 Å². The van der Waals surface area contributed by atoms with Crippen LogP contribution in [0.2, 0.25) is 0 Å². The van der Waals surface area contributed by atoms with Crippen LogP contribution in [-0.4, -0.2) is 39.0 Å². The second kappa shape index (κ2) is 6.31. The van der Waals surface area contributed by atoms with Crippen molar-refractivity contribution >= 4 is 23.1 Å². The fraction of sp³-hybridized carbons (Fsp3) is 0.385. The number of carboxylic acid groups (broad SMARTS) is 1. The summed E-state index contributed by atoms with van der Waals surface area (Å²) in [5.41, 5.74) is -2.17. The smallest absolute Gasteiger partial charge is 0.337 e. The van der Waals surface area contributed by atoms with Crippen LogP contribution in [-0.2, 0) is 4.79 Å². The molecule has 0 fully saturated rings. The monoisotopic (exact) mass is 296 g/mol. The van der Waals surface area contributed by atoms with Crippen LogP contribution in [0.5, 0.6) is 0 Å². The Balaban J connectivity index is 3.05. The van der Waals surface area contributed by atoms with Gasteiger partial charge in [-0.05, 0) is 19.1 Å². The van der Waals surface area contributed by atoms with Crippen molar-refractivity contribution in [1.29, 1.82) is 0 Å². The van der Waals surface area contributed by atoms with Crippen LogP contribution >= 0.6 is 0 Å². The maximum absolute atomic E-state index is 11.5. The second-order valence-corrected chi connectivity index (χ2v) is 4.70. The molecule has 21 heavy (non-hydrogen) atoms. The number of nitro groups is 1. The first kappa shape index (κ1) is 16.6. The third kappa shape index (κ3) is 3.99. The van der Waals surface area contributed by atoms with E-state index in [4.69, 9.17) is 5.11 Å². The number of Topliss-reactive ketones (excluding diaryl/α,β-unsaturated/α-hetero) is 1. The van der Waals surface area contributed by atoms with Crippen molar-refractivity contribution in [1.82, 2.24) is 0 Å². The van der Waals surface area contributed by atoms with E-state index in [-0.39, 0.29) is 29.1 Å². The summed E-state index contributed by atoms with van der Waals surface area (Å²) < 4.78 is 0. The molecule has 0 radical (unpaired) electrons. The van der Waals surface area contributed by atoms with E-state index in [0.29, 0.717) is 0 Å². The molecule has 0 aliphatic heterocycles. The number of hydrogen-bond acceptors (Lipinski definition) is 6. The van der Waals surface area contributed by atoms with Gasteiger partial charge in [-0.3, -0.25) is 14.9 Å². The van der Waals surface area contributed by atoms with E-state index in [1.54, 1.807) is 6.92 Å². The molecule has 1 rings (SSSR count). The third-order valence-corrected chi connectivity index (χ3v) is 2.92. The molecule has 3 N–H and O–H groups in total. The van der Waals surface area contributed by atoms with E-state index in [1.807, 2.05) is 0 Å². The predicted octanol–water partition coefficient (Wildman–Crippen LogP) is 1.44. The van der Waals surface area contributed by atoms with Gasteiger partial charge < -0.3 is 15.5 Å². The third-order valence-electron chi connectivity index (χ3n) is 2.92. The molecular weight excluding hydrogens is 280 g/mol. The van der Waals surface area contributed by atoms with Gasteiger partial charge in [-0.25, -0.2) is 4.79 Å². The summed E-state index contributed by atoms with van der Waals surface area (Å²) in [4.78, 5) is 32.7. The Labute approximate surface area is 120 Å². The Kier molecular flexibility index (Phi) is 4.98. The molecule has 1 aromatic carbocycles. The van der Waals surface area contributed by atoms with Gasteiger partial charge in [-0.1, -0.05) is 6.92 Å². The number of nitro benzene ring substituents is 1. The van der Waals surface area contributed by atoms with Gasteiger partial charge in [0.15, 0.2) is 11.4 Å². The fourth-order valence-corrected chi connectivity index (χ4v) is 1.55. The lowest BCUT2D eigenvalue weighted by atomic mass is 10.1. The van der Waals surface area contributed by atoms with Crippen LogP contribution in [0, 0.1) is 10.1 Å². The molecule has 0 bridgehead atoms. The van der Waals surface area contributed by atoms with E-state index in [2.05, 4.69) is 5.32 Å². The maximum Gasteiger partial charge on any atom is 0.337 e. The van der Waals surface area contributed by atoms with Crippen LogP contribution in [0.25, 0.3) is 0 Å². The molecule has 8 heteroatoms. The minimum absolute atomic E-state index is 0.0363. The Morgan fingerprint density at radius 3 is 2.52 bits per heavy atom. The highest BCUT2D eigenvalue weighted by atomic mass is 16.6. The second-order valence-electron chi connectivity index (χ2n) is 4.70. The molecule has 0 aliphatic rings. The van der Waals surface area contributed by atoms with E-state index < -0.39 is 23.0 Å². The number of carboxylic acids is 1. The summed E-state index contributed by atoms with van der Waals surface area (Å²) in [7, 11) is 0. The number of nitrogens with one attached hydrogen (secondary N) is 1. The van der Waals surface area contributed by atoms with E-state index in [0.717, 1.165) is 13.0 Å². The minimum Gasteiger partial charge on any atom is -0.479 e. The van der Waals surface area contributed by atoms with Gasteiger partial charge in [0.1, 0.15) is 5.69 Å². The van der Waals surface area contributed by atoms with Crippen LogP contribution in [0.4, 0.5) is 11.4 Å². The van der Waals surface area contributed by atoms with E-state index in [9.17, 15) is 24.8 Å². The Bertz CT molecular complexity index is 582. The lowest BCUT2D eigenvalue weighted by molar-refractivity contribution is -0.384. The molecule has 0 amide bonds. The minimum atomic E-state index is -2.06. The molecule has 114 valence electrons. The number of hydrogen-bond donors (Lipinski definition) is 3. The Morgan fingerprint density at radius 2 is 2.05 bits per heavy atom. The quantitative estimate of drug-likeness (QED) is 0.394. The summed E-state index contributed by atoms with van der Waals surface area (Å²) in [6, 6.07) is 3.86. The topological polar surface area (TPSA) is 130 Å². The summed E-state index contributed by atoms with van der Waals surface area (Å²) in [6.45, 7) is 2.30. The molecule has 8 nitrogen and oxygen atoms in total. The van der Waals surface area contributed by atoms with Crippen molar-refractivity contribution in [3.63, 3.8) is 0 Å². The number of carbonyl (C=O) groups excluding carboxylic acids is 1. The van der Waals surface area contributed by atoms with Crippen molar-refractivity contribution < 1.29 is 24.7 Å². The van der Waals surface area contributed by atoms with Crippen molar-refractivity contribution in [2.24, 2.45) is 0 Å². The highest BCUT2D eigenvalue weighted by molar-refractivity contribution is 5.97. The van der Waals surface area contributed by atoms with Crippen molar-refractivity contribution in [2.75, 3.05) is 11.9 Å². The van der Waals surface area contributed by atoms with Gasteiger partial charge in [-0.15, -0.1) is 0 Å². The molecule has 0 aromatic heterocycles. The van der Waals surface area contributed by atoms with Crippen LogP contribution < -0.4 is 5.32 Å². The fourth-order valence-electron chi connectivity index (χ4n) is 1.55. The SMILES string of the molecule is CCC(=O)c1ccc(NCC(C)(O)C(=O)O)c([N+](=O)[O-])c1. The number of ketones is 1. The standard InChI is InChI=1S/C13H16N2O6/c1-3-11(16)8-4-5-9(10(6-8)15(20)21)14-7-13(2,19)12(17)18/h4-6,14,19H,3,7H2,1-2H3,(H,17,18). The Hall–Kier alpha value is -2.48. The summed E-state index contributed by atoms with van der Waals surface area (Å²) in [6.07, 6.45) is 0.220. The molecule has 0 heterocycles. The summed E-state index contributed by atoms with van der Waals surface area (Å²) >= 11 is 0. The zero-order valence-corrected chi connectivity index (χ0v) is 11.6. The zero-order valence-electron chi connectivity index (χ0n) is 11.6. The number of nitrogens with zero attached hydrogens (tertiary/aromatic N) is 1. The highest BCUT2D eigenvalue weighted by Crippen LogP contribution is 2.26. The molecule has 0 saturated carbocycles. The summed E-state index contributed by atoms with van der Waals surface area (Å²) in [5.74, 6) is -1.68. The van der Waals surface area contributed by atoms with Gasteiger partial charge in [0.25, 0.3) is 5.69 Å². The molecule has 1 unspecified atom stereocenters. The van der Waals surface area contributed by atoms with Gasteiger partial charge in [0.05, 0.1) is 11.5 Å². The van der Waals surface area contributed by atoms with Crippen molar-refractivity contribution in [3.05, 3.63) is 33.9 Å². The first-order valence-electron chi connectivity index (χ1n) is 6.20. The van der Waals surface area contributed by atoms with Gasteiger partial charge in [-0.2, -0.15) is 0 Å². The Morgan fingerprint density at radius 1 is 1.43 bits per heavy atom. The number of anilines is 1. The van der Waals surface area contributed by atoms with Crippen molar-refractivity contribution in [3.8, 4) is 0 Å². The molecule has 0 saturated heterocycles. The van der Waals surface area contributed by atoms with Crippen LogP contribution in [0.3, 0.4) is 0 Å². The molecule has 1 atom stereocenters. The average molecular weight is 296 g/mol. The highest BCUT2D eigenvalue weighted by Gasteiger charge is 2.30. The number of carbonyl (C=O) groups is 2.